The van der Waals surface area contributed by atoms with E-state index in [0.29, 0.717) is 9.96 Å². The number of thiazole rings is 1. The predicted octanol–water partition coefficient (Wildman–Crippen LogP) is 0.136. The molecule has 2 heterocycles. The molecule has 3 N–H and O–H groups in total. The van der Waals surface area contributed by atoms with Gasteiger partial charge in [-0.25, -0.2) is 4.98 Å². The number of aryl methyl sites for hydroxylation is 1. The molecule has 7 heteroatoms. The number of hydrogen-bond donors (Lipinski definition) is 2. The maximum absolute atomic E-state index is 11.9. The van der Waals surface area contributed by atoms with Crippen molar-refractivity contribution < 1.29 is 4.79 Å². The number of hydrogen-bond acceptors (Lipinski definition) is 5. The maximum atomic E-state index is 11.9. The van der Waals surface area contributed by atoms with E-state index in [2.05, 4.69) is 10.3 Å². The summed E-state index contributed by atoms with van der Waals surface area (Å²) >= 11 is 1.35. The third-order valence-corrected chi connectivity index (χ3v) is 3.35. The molecule has 1 amide bonds. The molecule has 0 atom stereocenters. The van der Waals surface area contributed by atoms with Gasteiger partial charge in [0.05, 0.1) is 0 Å². The Balaban J connectivity index is 2.88. The van der Waals surface area contributed by atoms with Crippen LogP contribution in [0.15, 0.2) is 11.0 Å². The van der Waals surface area contributed by atoms with E-state index in [0.717, 1.165) is 0 Å². The standard InChI is InChI=1S/C9H10N4O2S/c1-11-9-12-5-6(14)4(7(10)15)3-13(2)8(5)16-9/h3H,1-2H3,(H2,10,15)(H,11,12). The molecule has 0 fully saturated rings. The Labute approximate surface area is 94.7 Å². The second-order valence-electron chi connectivity index (χ2n) is 3.27. The van der Waals surface area contributed by atoms with E-state index in [4.69, 9.17) is 5.73 Å². The quantitative estimate of drug-likeness (QED) is 0.778. The lowest BCUT2D eigenvalue weighted by Gasteiger charge is -2.01. The van der Waals surface area contributed by atoms with Crippen LogP contribution in [-0.2, 0) is 7.05 Å². The molecule has 2 aromatic rings. The SMILES string of the molecule is CNc1nc2c(=O)c(C(N)=O)cn(C)c2s1. The molecule has 16 heavy (non-hydrogen) atoms. The predicted molar refractivity (Wildman–Crippen MR) is 62.9 cm³/mol. The number of aromatic nitrogens is 2. The summed E-state index contributed by atoms with van der Waals surface area (Å²) < 4.78 is 1.68. The molecular formula is C9H10N4O2S. The van der Waals surface area contributed by atoms with Gasteiger partial charge < -0.3 is 15.6 Å². The highest BCUT2D eigenvalue weighted by Gasteiger charge is 2.15. The van der Waals surface area contributed by atoms with Crippen LogP contribution in [0.2, 0.25) is 0 Å². The van der Waals surface area contributed by atoms with Crippen LogP contribution < -0.4 is 16.5 Å². The first-order valence-corrected chi connectivity index (χ1v) is 5.34. The van der Waals surface area contributed by atoms with Gasteiger partial charge in [0.25, 0.3) is 5.91 Å². The summed E-state index contributed by atoms with van der Waals surface area (Å²) in [6.07, 6.45) is 1.44. The summed E-state index contributed by atoms with van der Waals surface area (Å²) in [4.78, 5) is 27.7. The average Bonchev–Trinajstić information content (AvgIpc) is 2.67. The number of nitrogens with two attached hydrogens (primary N) is 1. The monoisotopic (exact) mass is 238 g/mol. The van der Waals surface area contributed by atoms with Crippen molar-refractivity contribution in [2.75, 3.05) is 12.4 Å². The van der Waals surface area contributed by atoms with Gasteiger partial charge in [0, 0.05) is 20.3 Å². The summed E-state index contributed by atoms with van der Waals surface area (Å²) in [6.45, 7) is 0. The number of carbonyl (C=O) groups is 1. The van der Waals surface area contributed by atoms with Crippen LogP contribution in [0.25, 0.3) is 10.3 Å². The topological polar surface area (TPSA) is 90.0 Å². The molecule has 0 bridgehead atoms. The number of nitrogens with one attached hydrogen (secondary N) is 1. The molecular weight excluding hydrogens is 228 g/mol. The summed E-state index contributed by atoms with van der Waals surface area (Å²) in [6, 6.07) is 0. The van der Waals surface area contributed by atoms with Gasteiger partial charge in [-0.15, -0.1) is 0 Å². The van der Waals surface area contributed by atoms with Crippen LogP contribution in [0.5, 0.6) is 0 Å². The number of anilines is 1. The van der Waals surface area contributed by atoms with Crippen molar-refractivity contribution in [1.82, 2.24) is 9.55 Å². The van der Waals surface area contributed by atoms with Gasteiger partial charge in [-0.05, 0) is 0 Å². The highest BCUT2D eigenvalue weighted by Crippen LogP contribution is 2.22. The zero-order chi connectivity index (χ0) is 11.9. The van der Waals surface area contributed by atoms with Crippen molar-refractivity contribution in [2.45, 2.75) is 0 Å². The Kier molecular flexibility index (Phi) is 2.39. The zero-order valence-corrected chi connectivity index (χ0v) is 9.59. The van der Waals surface area contributed by atoms with Crippen LogP contribution in [0, 0.1) is 0 Å². The van der Waals surface area contributed by atoms with E-state index in [-0.39, 0.29) is 11.1 Å². The van der Waals surface area contributed by atoms with Crippen LogP contribution in [0.1, 0.15) is 10.4 Å². The fourth-order valence-corrected chi connectivity index (χ4v) is 2.27. The van der Waals surface area contributed by atoms with Gasteiger partial charge in [0.15, 0.2) is 5.13 Å². The van der Waals surface area contributed by atoms with Gasteiger partial charge in [-0.3, -0.25) is 9.59 Å². The highest BCUT2D eigenvalue weighted by molar-refractivity contribution is 7.21. The third-order valence-electron chi connectivity index (χ3n) is 2.19. The van der Waals surface area contributed by atoms with Crippen LogP contribution >= 0.6 is 11.3 Å². The van der Waals surface area contributed by atoms with Crippen LogP contribution in [0.4, 0.5) is 5.13 Å². The van der Waals surface area contributed by atoms with E-state index < -0.39 is 11.3 Å². The Hall–Kier alpha value is -1.89. The van der Waals surface area contributed by atoms with Gasteiger partial charge in [-0.1, -0.05) is 11.3 Å². The van der Waals surface area contributed by atoms with Crippen LogP contribution in [0.3, 0.4) is 0 Å². The lowest BCUT2D eigenvalue weighted by Crippen LogP contribution is -2.23. The average molecular weight is 238 g/mol. The number of amides is 1. The molecule has 0 aliphatic rings. The molecule has 84 valence electrons. The van der Waals surface area contributed by atoms with Crippen LogP contribution in [-0.4, -0.2) is 22.5 Å². The molecule has 0 spiro atoms. The Morgan fingerprint density at radius 3 is 2.88 bits per heavy atom. The number of nitrogens with zero attached hydrogens (tertiary/aromatic N) is 2. The number of carbonyl (C=O) groups excluding carboxylic acids is 1. The van der Waals surface area contributed by atoms with Crippen molar-refractivity contribution >= 4 is 32.7 Å². The zero-order valence-electron chi connectivity index (χ0n) is 8.77. The lowest BCUT2D eigenvalue weighted by molar-refractivity contribution is 0.0999. The minimum Gasteiger partial charge on any atom is -0.365 e. The smallest absolute Gasteiger partial charge is 0.254 e. The second kappa shape index (κ2) is 3.60. The molecule has 0 aromatic carbocycles. The summed E-state index contributed by atoms with van der Waals surface area (Å²) in [5, 5.41) is 3.49. The first kappa shape index (κ1) is 10.6. The molecule has 0 aliphatic carbocycles. The molecule has 0 radical (unpaired) electrons. The normalized spacial score (nSPS) is 10.6. The van der Waals surface area contributed by atoms with Crippen molar-refractivity contribution in [3.8, 4) is 0 Å². The first-order chi connectivity index (χ1) is 7.54. The van der Waals surface area contributed by atoms with Gasteiger partial charge in [0.2, 0.25) is 5.43 Å². The Bertz CT molecular complexity index is 628. The van der Waals surface area contributed by atoms with Gasteiger partial charge in [-0.2, -0.15) is 0 Å². The first-order valence-electron chi connectivity index (χ1n) is 4.52. The maximum Gasteiger partial charge on any atom is 0.254 e. The molecule has 6 nitrogen and oxygen atoms in total. The van der Waals surface area contributed by atoms with Gasteiger partial charge in [0.1, 0.15) is 15.9 Å². The fraction of sp³-hybridized carbons (Fsp3) is 0.222. The van der Waals surface area contributed by atoms with E-state index >= 15 is 0 Å². The van der Waals surface area contributed by atoms with Crippen molar-refractivity contribution in [2.24, 2.45) is 12.8 Å². The lowest BCUT2D eigenvalue weighted by atomic mass is 10.2. The summed E-state index contributed by atoms with van der Waals surface area (Å²) in [5.74, 6) is -0.735. The van der Waals surface area contributed by atoms with Crippen molar-refractivity contribution in [1.29, 1.82) is 0 Å². The van der Waals surface area contributed by atoms with E-state index in [1.165, 1.54) is 17.5 Å². The molecule has 2 aromatic heterocycles. The fourth-order valence-electron chi connectivity index (χ4n) is 1.42. The Morgan fingerprint density at radius 1 is 1.62 bits per heavy atom. The van der Waals surface area contributed by atoms with E-state index in [9.17, 15) is 9.59 Å². The summed E-state index contributed by atoms with van der Waals surface area (Å²) in [5.41, 5.74) is 4.94. The second-order valence-corrected chi connectivity index (χ2v) is 4.25. The number of pyridine rings is 1. The molecule has 0 saturated carbocycles. The molecule has 2 rings (SSSR count). The molecule has 0 unspecified atom stereocenters. The molecule has 0 aliphatic heterocycles. The number of fused-ring (bicyclic) bond motifs is 1. The number of primary amides is 1. The van der Waals surface area contributed by atoms with Crippen molar-refractivity contribution in [3.05, 3.63) is 22.0 Å². The van der Waals surface area contributed by atoms with E-state index in [1.54, 1.807) is 18.7 Å². The van der Waals surface area contributed by atoms with E-state index in [1.807, 2.05) is 0 Å². The minimum absolute atomic E-state index is 0.0389. The number of rotatable bonds is 2. The Morgan fingerprint density at radius 2 is 2.31 bits per heavy atom. The largest absolute Gasteiger partial charge is 0.365 e. The highest BCUT2D eigenvalue weighted by atomic mass is 32.1. The third kappa shape index (κ3) is 1.45. The minimum atomic E-state index is -0.735. The van der Waals surface area contributed by atoms with Crippen molar-refractivity contribution in [3.63, 3.8) is 0 Å². The molecule has 0 saturated heterocycles. The summed E-state index contributed by atoms with van der Waals surface area (Å²) in [7, 11) is 3.46. The van der Waals surface area contributed by atoms with Gasteiger partial charge >= 0.3 is 0 Å².